The van der Waals surface area contributed by atoms with Crippen LogP contribution in [0.15, 0.2) is 12.4 Å². The third-order valence-electron chi connectivity index (χ3n) is 3.29. The minimum atomic E-state index is -4.60. The van der Waals surface area contributed by atoms with Crippen molar-refractivity contribution in [2.24, 2.45) is 0 Å². The summed E-state index contributed by atoms with van der Waals surface area (Å²) in [5.41, 5.74) is -0.464. The smallest absolute Gasteiger partial charge is 0.384 e. The second-order valence-electron chi connectivity index (χ2n) is 5.14. The molecule has 0 radical (unpaired) electrons. The van der Waals surface area contributed by atoms with Crippen LogP contribution < -0.4 is 10.6 Å². The molecule has 2 aromatic heterocycles. The first-order chi connectivity index (χ1) is 12.1. The average Bonchev–Trinajstić information content (AvgIpc) is 2.93. The van der Waals surface area contributed by atoms with Gasteiger partial charge in [0.15, 0.2) is 0 Å². The molecule has 144 valence electrons. The molecule has 0 bridgehead atoms. The van der Waals surface area contributed by atoms with Crippen LogP contribution in [0.1, 0.15) is 11.3 Å². The number of nitrogens with zero attached hydrogens (tertiary/aromatic N) is 4. The van der Waals surface area contributed by atoms with Crippen molar-refractivity contribution in [3.8, 4) is 0 Å². The second-order valence-corrected chi connectivity index (χ2v) is 7.08. The number of alkyl halides is 3. The van der Waals surface area contributed by atoms with Crippen molar-refractivity contribution < 1.29 is 26.3 Å². The van der Waals surface area contributed by atoms with Gasteiger partial charge in [0, 0.05) is 20.4 Å². The minimum absolute atomic E-state index is 0.00243. The first-order valence-corrected chi connectivity index (χ1v) is 8.87. The summed E-state index contributed by atoms with van der Waals surface area (Å²) in [4.78, 5) is 7.38. The topological polar surface area (TPSA) is 111 Å². The zero-order chi connectivity index (χ0) is 19.5. The molecule has 0 fully saturated rings. The highest BCUT2D eigenvalue weighted by Gasteiger charge is 2.35. The maximum Gasteiger partial charge on any atom is 0.421 e. The quantitative estimate of drug-likeness (QED) is 0.729. The van der Waals surface area contributed by atoms with Crippen molar-refractivity contribution >= 4 is 27.5 Å². The van der Waals surface area contributed by atoms with Gasteiger partial charge in [-0.2, -0.15) is 27.3 Å². The normalized spacial score (nSPS) is 12.2. The number of halogens is 3. The molecule has 2 rings (SSSR count). The number of aryl methyl sites for hydroxylation is 1. The van der Waals surface area contributed by atoms with Crippen LogP contribution in [0.5, 0.6) is 0 Å². The van der Waals surface area contributed by atoms with E-state index in [-0.39, 0.29) is 24.0 Å². The van der Waals surface area contributed by atoms with Gasteiger partial charge in [-0.1, -0.05) is 0 Å². The molecule has 0 aromatic carbocycles. The van der Waals surface area contributed by atoms with Crippen LogP contribution in [0.4, 0.5) is 30.6 Å². The summed E-state index contributed by atoms with van der Waals surface area (Å²) >= 11 is 0. The van der Waals surface area contributed by atoms with Gasteiger partial charge in [-0.15, -0.1) is 0 Å². The minimum Gasteiger partial charge on any atom is -0.384 e. The molecule has 0 saturated carbocycles. The maximum atomic E-state index is 12.9. The summed E-state index contributed by atoms with van der Waals surface area (Å²) < 4.78 is 68.3. The van der Waals surface area contributed by atoms with E-state index >= 15 is 0 Å². The molecule has 2 heterocycles. The lowest BCUT2D eigenvalue weighted by Gasteiger charge is -2.12. The number of aromatic nitrogens is 4. The fraction of sp³-hybridized carbons (Fsp3) is 0.462. The highest BCUT2D eigenvalue weighted by molar-refractivity contribution is 7.89. The van der Waals surface area contributed by atoms with Crippen LogP contribution in [-0.4, -0.2) is 54.1 Å². The van der Waals surface area contributed by atoms with Crippen molar-refractivity contribution in [1.29, 1.82) is 0 Å². The van der Waals surface area contributed by atoms with Gasteiger partial charge in [0.05, 0.1) is 29.9 Å². The van der Waals surface area contributed by atoms with E-state index in [0.29, 0.717) is 11.9 Å². The molecule has 0 saturated heterocycles. The monoisotopic (exact) mass is 394 g/mol. The van der Waals surface area contributed by atoms with Gasteiger partial charge in [-0.05, 0) is 6.92 Å². The predicted octanol–water partition coefficient (Wildman–Crippen LogP) is 1.61. The molecule has 13 heteroatoms. The predicted molar refractivity (Wildman–Crippen MR) is 87.9 cm³/mol. The Balaban J connectivity index is 2.30. The van der Waals surface area contributed by atoms with E-state index < -0.39 is 27.6 Å². The van der Waals surface area contributed by atoms with E-state index in [9.17, 15) is 21.6 Å². The van der Waals surface area contributed by atoms with E-state index in [4.69, 9.17) is 4.74 Å². The number of hydrogen-bond donors (Lipinski definition) is 2. The highest BCUT2D eigenvalue weighted by Crippen LogP contribution is 2.33. The molecular formula is C13H17F3N6O3S. The van der Waals surface area contributed by atoms with Gasteiger partial charge in [-0.3, -0.25) is 0 Å². The van der Waals surface area contributed by atoms with E-state index in [0.717, 1.165) is 4.09 Å². The standard InChI is InChI=1S/C13H17F3N6O3S/c1-8-10(7-22(21-8)26(23,24)5-4-25-3)19-12-18-6-9(13(14,15)16)11(17-2)20-12/h6-7H,4-5H2,1-3H3,(H2,17,18,19,20). The zero-order valence-electron chi connectivity index (χ0n) is 14.1. The fourth-order valence-electron chi connectivity index (χ4n) is 1.94. The van der Waals surface area contributed by atoms with Crippen molar-refractivity contribution in [3.63, 3.8) is 0 Å². The summed E-state index contributed by atoms with van der Waals surface area (Å²) in [5.74, 6) is -0.822. The van der Waals surface area contributed by atoms with Crippen LogP contribution in [-0.2, 0) is 20.9 Å². The van der Waals surface area contributed by atoms with E-state index in [1.807, 2.05) is 0 Å². The summed E-state index contributed by atoms with van der Waals surface area (Å²) in [6.45, 7) is 1.53. The van der Waals surface area contributed by atoms with Gasteiger partial charge in [0.2, 0.25) is 5.95 Å². The fourth-order valence-corrected chi connectivity index (χ4v) is 3.02. The Kier molecular flexibility index (Phi) is 5.71. The first-order valence-electron chi connectivity index (χ1n) is 7.26. The number of ether oxygens (including phenoxy) is 1. The van der Waals surface area contributed by atoms with Crippen LogP contribution in [0.2, 0.25) is 0 Å². The number of anilines is 3. The molecule has 9 nitrogen and oxygen atoms in total. The molecular weight excluding hydrogens is 377 g/mol. The Morgan fingerprint density at radius 2 is 2.04 bits per heavy atom. The second kappa shape index (κ2) is 7.45. The summed E-state index contributed by atoms with van der Waals surface area (Å²) in [7, 11) is -1.04. The molecule has 0 atom stereocenters. The lowest BCUT2D eigenvalue weighted by molar-refractivity contribution is -0.137. The third-order valence-corrected chi connectivity index (χ3v) is 4.73. The van der Waals surface area contributed by atoms with E-state index in [1.165, 1.54) is 27.3 Å². The number of hydrogen-bond acceptors (Lipinski definition) is 8. The molecule has 0 spiro atoms. The number of rotatable bonds is 7. The Hall–Kier alpha value is -2.41. The molecule has 0 aliphatic carbocycles. The maximum absolute atomic E-state index is 12.9. The van der Waals surface area contributed by atoms with Crippen molar-refractivity contribution in [3.05, 3.63) is 23.7 Å². The molecule has 2 aromatic rings. The summed E-state index contributed by atoms with van der Waals surface area (Å²) in [6.07, 6.45) is -2.77. The summed E-state index contributed by atoms with van der Waals surface area (Å²) in [5, 5.41) is 8.91. The van der Waals surface area contributed by atoms with Crippen LogP contribution >= 0.6 is 0 Å². The van der Waals surface area contributed by atoms with Gasteiger partial charge in [-0.25, -0.2) is 13.4 Å². The van der Waals surface area contributed by atoms with E-state index in [1.54, 1.807) is 0 Å². The van der Waals surface area contributed by atoms with Gasteiger partial charge in [0.1, 0.15) is 11.4 Å². The molecule has 0 aliphatic rings. The Morgan fingerprint density at radius 1 is 1.35 bits per heavy atom. The average molecular weight is 394 g/mol. The van der Waals surface area contributed by atoms with Crippen LogP contribution in [0.3, 0.4) is 0 Å². The Bertz CT molecular complexity index is 882. The van der Waals surface area contributed by atoms with Crippen LogP contribution in [0.25, 0.3) is 0 Å². The van der Waals surface area contributed by atoms with Crippen molar-refractivity contribution in [1.82, 2.24) is 19.2 Å². The van der Waals surface area contributed by atoms with E-state index in [2.05, 4.69) is 25.7 Å². The summed E-state index contributed by atoms with van der Waals surface area (Å²) in [6, 6.07) is 0. The molecule has 2 N–H and O–H groups in total. The van der Waals surface area contributed by atoms with Gasteiger partial charge in [0.25, 0.3) is 10.0 Å². The molecule has 0 unspecified atom stereocenters. The van der Waals surface area contributed by atoms with Gasteiger partial charge < -0.3 is 15.4 Å². The van der Waals surface area contributed by atoms with Crippen molar-refractivity contribution in [2.75, 3.05) is 37.2 Å². The van der Waals surface area contributed by atoms with Gasteiger partial charge >= 0.3 is 6.18 Å². The first kappa shape index (κ1) is 19.9. The Labute approximate surface area is 147 Å². The largest absolute Gasteiger partial charge is 0.421 e. The highest BCUT2D eigenvalue weighted by atomic mass is 32.2. The molecule has 26 heavy (non-hydrogen) atoms. The lowest BCUT2D eigenvalue weighted by atomic mass is 10.3. The van der Waals surface area contributed by atoms with Crippen LogP contribution in [0, 0.1) is 6.92 Å². The third kappa shape index (κ3) is 4.40. The SMILES string of the molecule is CNc1nc(Nc2cn(S(=O)(=O)CCOC)nc2C)ncc1C(F)(F)F. The number of methoxy groups -OCH3 is 1. The molecule has 0 amide bonds. The van der Waals surface area contributed by atoms with Crippen molar-refractivity contribution in [2.45, 2.75) is 13.1 Å². The zero-order valence-corrected chi connectivity index (χ0v) is 14.9. The molecule has 0 aliphatic heterocycles. The Morgan fingerprint density at radius 3 is 2.62 bits per heavy atom. The lowest BCUT2D eigenvalue weighted by Crippen LogP contribution is -2.20. The number of nitrogens with one attached hydrogen (secondary N) is 2.